The smallest absolute Gasteiger partial charge is 0.270 e. The maximum absolute atomic E-state index is 12.7. The molecule has 7 heteroatoms. The van der Waals surface area contributed by atoms with Crippen LogP contribution in [0, 0.1) is 0 Å². The third-order valence-electron chi connectivity index (χ3n) is 4.50. The van der Waals surface area contributed by atoms with Gasteiger partial charge in [-0.3, -0.25) is 4.79 Å². The summed E-state index contributed by atoms with van der Waals surface area (Å²) in [7, 11) is -1.98. The second kappa shape index (κ2) is 5.14. The molecule has 0 spiro atoms. The molecule has 21 heavy (non-hydrogen) atoms. The van der Waals surface area contributed by atoms with Gasteiger partial charge in [-0.2, -0.15) is 0 Å². The maximum Gasteiger partial charge on any atom is 0.270 e. The largest absolute Gasteiger partial charge is 0.339 e. The summed E-state index contributed by atoms with van der Waals surface area (Å²) in [5.41, 5.74) is 0.441. The van der Waals surface area contributed by atoms with E-state index in [0.717, 1.165) is 38.5 Å². The Morgan fingerprint density at radius 3 is 2.43 bits per heavy atom. The fraction of sp³-hybridized carbons (Fsp3) is 0.643. The number of carbonyl (C=O) groups is 1. The standard InChI is InChI=1S/C14H21N3O3S/c1-16(10-4-2-3-5-10)14(18)13-8-12(21(15,19)20)9-17(13)11-6-7-11/h8-11H,2-7H2,1H3,(H2,15,19,20). The molecule has 0 aromatic carbocycles. The summed E-state index contributed by atoms with van der Waals surface area (Å²) in [4.78, 5) is 14.5. The molecule has 0 aliphatic heterocycles. The van der Waals surface area contributed by atoms with Crippen molar-refractivity contribution < 1.29 is 13.2 Å². The molecular formula is C14H21N3O3S. The molecule has 1 amide bonds. The first-order valence-corrected chi connectivity index (χ1v) is 8.94. The van der Waals surface area contributed by atoms with Crippen LogP contribution in [-0.2, 0) is 10.0 Å². The second-order valence-corrected chi connectivity index (χ2v) is 7.66. The van der Waals surface area contributed by atoms with Crippen LogP contribution in [0.4, 0.5) is 0 Å². The van der Waals surface area contributed by atoms with E-state index in [-0.39, 0.29) is 22.9 Å². The van der Waals surface area contributed by atoms with Gasteiger partial charge in [0.25, 0.3) is 5.91 Å². The number of primary sulfonamides is 1. The molecule has 2 aliphatic carbocycles. The van der Waals surface area contributed by atoms with Crippen molar-refractivity contribution in [2.75, 3.05) is 7.05 Å². The van der Waals surface area contributed by atoms with E-state index in [2.05, 4.69) is 0 Å². The summed E-state index contributed by atoms with van der Waals surface area (Å²) < 4.78 is 24.8. The summed E-state index contributed by atoms with van der Waals surface area (Å²) >= 11 is 0. The summed E-state index contributed by atoms with van der Waals surface area (Å²) in [5, 5.41) is 5.19. The summed E-state index contributed by atoms with van der Waals surface area (Å²) in [5.74, 6) is -0.108. The Hall–Kier alpha value is -1.34. The quantitative estimate of drug-likeness (QED) is 0.914. The predicted molar refractivity (Wildman–Crippen MR) is 78.4 cm³/mol. The number of sulfonamides is 1. The molecule has 2 N–H and O–H groups in total. The van der Waals surface area contributed by atoms with E-state index in [4.69, 9.17) is 5.14 Å². The normalized spacial score (nSPS) is 19.9. The van der Waals surface area contributed by atoms with Gasteiger partial charge in [-0.1, -0.05) is 12.8 Å². The first kappa shape index (κ1) is 14.6. The molecule has 0 radical (unpaired) electrons. The van der Waals surface area contributed by atoms with Crippen LogP contribution >= 0.6 is 0 Å². The third-order valence-corrected chi connectivity index (χ3v) is 5.38. The zero-order valence-electron chi connectivity index (χ0n) is 12.2. The lowest BCUT2D eigenvalue weighted by molar-refractivity contribution is 0.0724. The molecule has 1 aromatic rings. The molecule has 1 heterocycles. The Morgan fingerprint density at radius 1 is 1.29 bits per heavy atom. The molecule has 2 fully saturated rings. The number of nitrogens with zero attached hydrogens (tertiary/aromatic N) is 2. The fourth-order valence-corrected chi connectivity index (χ4v) is 3.61. The SMILES string of the molecule is CN(C(=O)c1cc(S(N)(=O)=O)cn1C1CC1)C1CCCC1. The molecular weight excluding hydrogens is 290 g/mol. The minimum atomic E-state index is -3.78. The van der Waals surface area contributed by atoms with Gasteiger partial charge in [-0.05, 0) is 31.7 Å². The Balaban J connectivity index is 1.92. The van der Waals surface area contributed by atoms with Crippen LogP contribution in [0.2, 0.25) is 0 Å². The highest BCUT2D eigenvalue weighted by Gasteiger charge is 2.32. The summed E-state index contributed by atoms with van der Waals surface area (Å²) in [6.45, 7) is 0. The van der Waals surface area contributed by atoms with E-state index in [1.807, 2.05) is 0 Å². The molecule has 0 saturated heterocycles. The number of aromatic nitrogens is 1. The van der Waals surface area contributed by atoms with Crippen molar-refractivity contribution in [3.8, 4) is 0 Å². The zero-order valence-corrected chi connectivity index (χ0v) is 13.0. The third kappa shape index (κ3) is 2.85. The molecule has 3 rings (SSSR count). The summed E-state index contributed by atoms with van der Waals surface area (Å²) in [6.07, 6.45) is 7.80. The average Bonchev–Trinajstić information content (AvgIpc) is 2.95. The van der Waals surface area contributed by atoms with Gasteiger partial charge >= 0.3 is 0 Å². The maximum atomic E-state index is 12.7. The van der Waals surface area contributed by atoms with Gasteiger partial charge in [0.1, 0.15) is 10.6 Å². The van der Waals surface area contributed by atoms with Crippen molar-refractivity contribution in [2.45, 2.75) is 55.5 Å². The molecule has 116 valence electrons. The van der Waals surface area contributed by atoms with Crippen molar-refractivity contribution in [3.05, 3.63) is 18.0 Å². The van der Waals surface area contributed by atoms with Crippen molar-refractivity contribution in [1.82, 2.24) is 9.47 Å². The molecule has 1 aromatic heterocycles. The van der Waals surface area contributed by atoms with Crippen LogP contribution in [0.1, 0.15) is 55.1 Å². The molecule has 0 bridgehead atoms. The lowest BCUT2D eigenvalue weighted by Crippen LogP contribution is -2.36. The van der Waals surface area contributed by atoms with E-state index < -0.39 is 10.0 Å². The lowest BCUT2D eigenvalue weighted by atomic mass is 10.2. The van der Waals surface area contributed by atoms with Crippen molar-refractivity contribution in [1.29, 1.82) is 0 Å². The van der Waals surface area contributed by atoms with E-state index in [0.29, 0.717) is 5.69 Å². The Labute approximate surface area is 125 Å². The van der Waals surface area contributed by atoms with Crippen LogP contribution in [0.3, 0.4) is 0 Å². The van der Waals surface area contributed by atoms with Crippen molar-refractivity contribution in [3.63, 3.8) is 0 Å². The Morgan fingerprint density at radius 2 is 1.90 bits per heavy atom. The Bertz CT molecular complexity index is 655. The second-order valence-electron chi connectivity index (χ2n) is 6.10. The van der Waals surface area contributed by atoms with Gasteiger partial charge in [0.15, 0.2) is 0 Å². The number of nitrogens with two attached hydrogens (primary N) is 1. The van der Waals surface area contributed by atoms with Crippen LogP contribution < -0.4 is 5.14 Å². The Kier molecular flexibility index (Phi) is 3.57. The van der Waals surface area contributed by atoms with Crippen LogP contribution in [-0.4, -0.2) is 36.9 Å². The molecule has 0 atom stereocenters. The minimum absolute atomic E-state index is 0.0255. The van der Waals surface area contributed by atoms with E-state index in [9.17, 15) is 13.2 Å². The van der Waals surface area contributed by atoms with Gasteiger partial charge in [-0.25, -0.2) is 13.6 Å². The fourth-order valence-electron chi connectivity index (χ4n) is 3.07. The highest BCUT2D eigenvalue weighted by atomic mass is 32.2. The van der Waals surface area contributed by atoms with Crippen LogP contribution in [0.5, 0.6) is 0 Å². The van der Waals surface area contributed by atoms with E-state index in [1.165, 1.54) is 12.3 Å². The topological polar surface area (TPSA) is 85.4 Å². The predicted octanol–water partition coefficient (Wildman–Crippen LogP) is 1.48. The van der Waals surface area contributed by atoms with Gasteiger partial charge in [-0.15, -0.1) is 0 Å². The molecule has 6 nitrogen and oxygen atoms in total. The van der Waals surface area contributed by atoms with Gasteiger partial charge < -0.3 is 9.47 Å². The van der Waals surface area contributed by atoms with E-state index in [1.54, 1.807) is 16.5 Å². The van der Waals surface area contributed by atoms with Crippen LogP contribution in [0.15, 0.2) is 17.2 Å². The number of hydrogen-bond donors (Lipinski definition) is 1. The van der Waals surface area contributed by atoms with Gasteiger partial charge in [0, 0.05) is 25.3 Å². The average molecular weight is 311 g/mol. The molecule has 2 aliphatic rings. The number of rotatable bonds is 4. The first-order valence-electron chi connectivity index (χ1n) is 7.40. The van der Waals surface area contributed by atoms with Gasteiger partial charge in [0.05, 0.1) is 0 Å². The van der Waals surface area contributed by atoms with Gasteiger partial charge in [0.2, 0.25) is 10.0 Å². The first-order chi connectivity index (χ1) is 9.88. The highest BCUT2D eigenvalue weighted by molar-refractivity contribution is 7.89. The van der Waals surface area contributed by atoms with Crippen molar-refractivity contribution in [2.24, 2.45) is 5.14 Å². The van der Waals surface area contributed by atoms with Crippen molar-refractivity contribution >= 4 is 15.9 Å². The molecule has 0 unspecified atom stereocenters. The lowest BCUT2D eigenvalue weighted by Gasteiger charge is -2.24. The minimum Gasteiger partial charge on any atom is -0.339 e. The monoisotopic (exact) mass is 311 g/mol. The molecule has 2 saturated carbocycles. The highest BCUT2D eigenvalue weighted by Crippen LogP contribution is 2.37. The zero-order chi connectivity index (χ0) is 15.2. The van der Waals surface area contributed by atoms with Crippen LogP contribution in [0.25, 0.3) is 0 Å². The number of hydrogen-bond acceptors (Lipinski definition) is 3. The number of carbonyl (C=O) groups excluding carboxylic acids is 1. The van der Waals surface area contributed by atoms with E-state index >= 15 is 0 Å². The summed E-state index contributed by atoms with van der Waals surface area (Å²) in [6, 6.07) is 1.91. The number of amides is 1.